The van der Waals surface area contributed by atoms with Crippen LogP contribution >= 0.6 is 0 Å². The lowest BCUT2D eigenvalue weighted by Crippen LogP contribution is -2.27. The molecule has 2 amide bonds. The minimum atomic E-state index is -0.795. The van der Waals surface area contributed by atoms with Gasteiger partial charge in [-0.2, -0.15) is 5.10 Å². The third-order valence-electron chi connectivity index (χ3n) is 2.97. The van der Waals surface area contributed by atoms with E-state index in [9.17, 15) is 9.59 Å². The number of rotatable bonds is 4. The molecule has 1 rings (SSSR count). The lowest BCUT2D eigenvalue weighted by molar-refractivity contribution is -0.137. The quantitative estimate of drug-likeness (QED) is 0.512. The maximum atomic E-state index is 10.6. The first-order chi connectivity index (χ1) is 8.09. The van der Waals surface area contributed by atoms with Crippen LogP contribution in [0.2, 0.25) is 0 Å². The number of carboxylic acids is 1. The lowest BCUT2D eigenvalue weighted by atomic mass is 9.93. The van der Waals surface area contributed by atoms with Gasteiger partial charge in [-0.25, -0.2) is 10.2 Å². The summed E-state index contributed by atoms with van der Waals surface area (Å²) in [4.78, 5) is 21.2. The molecule has 1 saturated carbocycles. The summed E-state index contributed by atoms with van der Waals surface area (Å²) in [6, 6.07) is -0.682. The summed E-state index contributed by atoms with van der Waals surface area (Å²) in [5, 5.41) is 12.7. The van der Waals surface area contributed by atoms with Gasteiger partial charge < -0.3 is 10.8 Å². The summed E-state index contributed by atoms with van der Waals surface area (Å²) in [6.07, 6.45) is 5.70. The summed E-state index contributed by atoms with van der Waals surface area (Å²) in [7, 11) is 0. The van der Waals surface area contributed by atoms with Crippen molar-refractivity contribution in [3.63, 3.8) is 0 Å². The van der Waals surface area contributed by atoms with Crippen LogP contribution in [0.3, 0.4) is 0 Å². The van der Waals surface area contributed by atoms with Crippen molar-refractivity contribution in [3.05, 3.63) is 0 Å². The van der Waals surface area contributed by atoms with E-state index >= 15 is 0 Å². The maximum Gasteiger partial charge on any atom is 0.332 e. The minimum absolute atomic E-state index is 0.139. The van der Waals surface area contributed by atoms with E-state index in [-0.39, 0.29) is 12.3 Å². The Hall–Kier alpha value is -1.59. The van der Waals surface area contributed by atoms with Gasteiger partial charge in [-0.3, -0.25) is 4.79 Å². The van der Waals surface area contributed by atoms with E-state index in [0.29, 0.717) is 6.42 Å². The van der Waals surface area contributed by atoms with Gasteiger partial charge in [0.05, 0.1) is 0 Å². The Balaban J connectivity index is 2.61. The first-order valence-corrected chi connectivity index (χ1v) is 5.93. The molecular formula is C11H19N3O3. The maximum absolute atomic E-state index is 10.6. The van der Waals surface area contributed by atoms with Crippen LogP contribution in [-0.2, 0) is 4.79 Å². The number of hydrogen-bond donors (Lipinski definition) is 3. The zero-order chi connectivity index (χ0) is 12.7. The zero-order valence-electron chi connectivity index (χ0n) is 9.82. The largest absolute Gasteiger partial charge is 0.481 e. The molecule has 0 aliphatic heterocycles. The lowest BCUT2D eigenvalue weighted by Gasteiger charge is -2.15. The number of carbonyl (C=O) groups excluding carboxylic acids is 1. The minimum Gasteiger partial charge on any atom is -0.481 e. The van der Waals surface area contributed by atoms with Crippen molar-refractivity contribution in [2.75, 3.05) is 0 Å². The van der Waals surface area contributed by atoms with Crippen LogP contribution < -0.4 is 11.2 Å². The van der Waals surface area contributed by atoms with Crippen LogP contribution in [0.15, 0.2) is 5.10 Å². The van der Waals surface area contributed by atoms with Crippen LogP contribution in [0.5, 0.6) is 0 Å². The molecule has 4 N–H and O–H groups in total. The fourth-order valence-electron chi connectivity index (χ4n) is 2.13. The molecule has 6 nitrogen and oxygen atoms in total. The average molecular weight is 241 g/mol. The number of amides is 2. The highest BCUT2D eigenvalue weighted by Crippen LogP contribution is 2.24. The van der Waals surface area contributed by atoms with Crippen LogP contribution in [-0.4, -0.2) is 22.8 Å². The van der Waals surface area contributed by atoms with Gasteiger partial charge in [0.2, 0.25) is 0 Å². The third-order valence-corrected chi connectivity index (χ3v) is 2.97. The number of hydrogen-bond acceptors (Lipinski definition) is 3. The number of nitrogens with one attached hydrogen (secondary N) is 1. The molecule has 0 aromatic carbocycles. The number of carbonyl (C=O) groups is 2. The SMILES string of the molecule is NC(=O)NN=C1CCCCCC1CCC(=O)O. The van der Waals surface area contributed by atoms with Gasteiger partial charge in [0.1, 0.15) is 0 Å². The fraction of sp³-hybridized carbons (Fsp3) is 0.727. The Kier molecular flexibility index (Phi) is 5.45. The molecule has 0 saturated heterocycles. The first-order valence-electron chi connectivity index (χ1n) is 5.93. The van der Waals surface area contributed by atoms with Crippen molar-refractivity contribution in [1.82, 2.24) is 5.43 Å². The second-order valence-electron chi connectivity index (χ2n) is 4.31. The predicted octanol–water partition coefficient (Wildman–Crippen LogP) is 1.46. The topological polar surface area (TPSA) is 105 Å². The molecule has 0 aromatic heterocycles. The van der Waals surface area contributed by atoms with Crippen molar-refractivity contribution in [3.8, 4) is 0 Å². The van der Waals surface area contributed by atoms with Crippen LogP contribution in [0.25, 0.3) is 0 Å². The van der Waals surface area contributed by atoms with Crippen molar-refractivity contribution >= 4 is 17.7 Å². The number of urea groups is 1. The average Bonchev–Trinajstić information content (AvgIpc) is 2.48. The van der Waals surface area contributed by atoms with Gasteiger partial charge in [-0.1, -0.05) is 12.8 Å². The molecule has 1 aliphatic carbocycles. The molecule has 1 fully saturated rings. The summed E-state index contributed by atoms with van der Waals surface area (Å²) in [5.74, 6) is -0.642. The fourth-order valence-corrected chi connectivity index (χ4v) is 2.13. The normalized spacial score (nSPS) is 23.1. The molecule has 6 heteroatoms. The van der Waals surface area contributed by atoms with Crippen molar-refractivity contribution in [1.29, 1.82) is 0 Å². The summed E-state index contributed by atoms with van der Waals surface area (Å²) < 4.78 is 0. The highest BCUT2D eigenvalue weighted by Gasteiger charge is 2.20. The van der Waals surface area contributed by atoms with Gasteiger partial charge in [0.25, 0.3) is 0 Å². The number of carboxylic acid groups (broad SMARTS) is 1. The van der Waals surface area contributed by atoms with Gasteiger partial charge in [-0.05, 0) is 31.6 Å². The van der Waals surface area contributed by atoms with Crippen LogP contribution in [0.1, 0.15) is 44.9 Å². The second kappa shape index (κ2) is 6.88. The Labute approximate surface area is 100 Å². The number of primary amides is 1. The molecule has 0 radical (unpaired) electrons. The molecule has 1 atom stereocenters. The molecule has 0 heterocycles. The molecule has 96 valence electrons. The Morgan fingerprint density at radius 3 is 2.82 bits per heavy atom. The van der Waals surface area contributed by atoms with E-state index in [1.165, 1.54) is 0 Å². The smallest absolute Gasteiger partial charge is 0.332 e. The number of hydrazone groups is 1. The molecule has 0 bridgehead atoms. The Bertz CT molecular complexity index is 315. The summed E-state index contributed by atoms with van der Waals surface area (Å²) in [6.45, 7) is 0. The van der Waals surface area contributed by atoms with Crippen molar-refractivity contribution in [2.24, 2.45) is 16.8 Å². The first kappa shape index (κ1) is 13.5. The van der Waals surface area contributed by atoms with Crippen LogP contribution in [0.4, 0.5) is 4.79 Å². The standard InChI is InChI=1S/C11H19N3O3/c12-11(17)14-13-9-5-3-1-2-4-8(9)6-7-10(15)16/h8H,1-7H2,(H,15,16)(H3,12,14,17). The number of nitrogens with zero attached hydrogens (tertiary/aromatic N) is 1. The molecule has 0 spiro atoms. The van der Waals surface area contributed by atoms with Crippen LogP contribution in [0, 0.1) is 5.92 Å². The van der Waals surface area contributed by atoms with E-state index in [1.54, 1.807) is 0 Å². The number of aliphatic carboxylic acids is 1. The third kappa shape index (κ3) is 5.33. The predicted molar refractivity (Wildman–Crippen MR) is 63.6 cm³/mol. The highest BCUT2D eigenvalue weighted by molar-refractivity contribution is 5.88. The van der Waals surface area contributed by atoms with Gasteiger partial charge in [0.15, 0.2) is 0 Å². The summed E-state index contributed by atoms with van der Waals surface area (Å²) in [5.41, 5.74) is 8.08. The molecule has 1 aliphatic rings. The van der Waals surface area contributed by atoms with E-state index in [1.807, 2.05) is 0 Å². The number of nitrogens with two attached hydrogens (primary N) is 1. The molecular weight excluding hydrogens is 222 g/mol. The summed E-state index contributed by atoms with van der Waals surface area (Å²) >= 11 is 0. The molecule has 1 unspecified atom stereocenters. The van der Waals surface area contributed by atoms with Crippen molar-refractivity contribution < 1.29 is 14.7 Å². The second-order valence-corrected chi connectivity index (χ2v) is 4.31. The Morgan fingerprint density at radius 2 is 2.18 bits per heavy atom. The van der Waals surface area contributed by atoms with Gasteiger partial charge in [-0.15, -0.1) is 0 Å². The molecule has 17 heavy (non-hydrogen) atoms. The van der Waals surface area contributed by atoms with Crippen molar-refractivity contribution in [2.45, 2.75) is 44.9 Å². The van der Waals surface area contributed by atoms with E-state index in [4.69, 9.17) is 10.8 Å². The monoisotopic (exact) mass is 241 g/mol. The Morgan fingerprint density at radius 1 is 1.41 bits per heavy atom. The van der Waals surface area contributed by atoms with E-state index < -0.39 is 12.0 Å². The highest BCUT2D eigenvalue weighted by atomic mass is 16.4. The van der Waals surface area contributed by atoms with E-state index in [0.717, 1.165) is 37.8 Å². The van der Waals surface area contributed by atoms with Gasteiger partial charge >= 0.3 is 12.0 Å². The van der Waals surface area contributed by atoms with Gasteiger partial charge in [0, 0.05) is 12.1 Å². The zero-order valence-corrected chi connectivity index (χ0v) is 9.82. The molecule has 0 aromatic rings. The van der Waals surface area contributed by atoms with E-state index in [2.05, 4.69) is 10.5 Å².